The highest BCUT2D eigenvalue weighted by atomic mass is 19.4. The first-order valence-corrected chi connectivity index (χ1v) is 8.18. The van der Waals surface area contributed by atoms with Crippen molar-refractivity contribution in [3.63, 3.8) is 0 Å². The first-order valence-electron chi connectivity index (χ1n) is 8.18. The third-order valence-electron chi connectivity index (χ3n) is 4.31. The fourth-order valence-electron chi connectivity index (χ4n) is 2.94. The van der Waals surface area contributed by atoms with E-state index in [2.05, 4.69) is 5.32 Å². The Morgan fingerprint density at radius 3 is 2.07 bits per heavy atom. The summed E-state index contributed by atoms with van der Waals surface area (Å²) in [5.74, 6) is -1.80. The SMILES string of the molecule is O=C(Nc1c(F)cccc1F)N1CCN(c2ccccc2C(F)(F)F)CC1. The van der Waals surface area contributed by atoms with Crippen molar-refractivity contribution in [2.75, 3.05) is 36.4 Å². The van der Waals surface area contributed by atoms with Gasteiger partial charge in [0.05, 0.1) is 5.56 Å². The largest absolute Gasteiger partial charge is 0.418 e. The molecule has 1 fully saturated rings. The summed E-state index contributed by atoms with van der Waals surface area (Å²) in [5.41, 5.74) is -1.24. The Balaban J connectivity index is 1.67. The Kier molecular flexibility index (Phi) is 5.20. The molecule has 0 aromatic heterocycles. The highest BCUT2D eigenvalue weighted by molar-refractivity contribution is 5.89. The number of benzene rings is 2. The number of para-hydroxylation sites is 2. The van der Waals surface area contributed by atoms with Crippen LogP contribution in [0.15, 0.2) is 42.5 Å². The van der Waals surface area contributed by atoms with E-state index in [1.807, 2.05) is 0 Å². The third-order valence-corrected chi connectivity index (χ3v) is 4.31. The lowest BCUT2D eigenvalue weighted by Gasteiger charge is -2.37. The summed E-state index contributed by atoms with van der Waals surface area (Å²) in [6.45, 7) is 0.572. The molecule has 1 aliphatic heterocycles. The minimum absolute atomic E-state index is 0.0465. The van der Waals surface area contributed by atoms with Gasteiger partial charge in [-0.15, -0.1) is 0 Å². The molecule has 9 heteroatoms. The van der Waals surface area contributed by atoms with Gasteiger partial charge in [-0.3, -0.25) is 0 Å². The summed E-state index contributed by atoms with van der Waals surface area (Å²) in [7, 11) is 0. The quantitative estimate of drug-likeness (QED) is 0.781. The number of urea groups is 1. The van der Waals surface area contributed by atoms with Gasteiger partial charge in [-0.25, -0.2) is 13.6 Å². The second kappa shape index (κ2) is 7.42. The number of piperazine rings is 1. The summed E-state index contributed by atoms with van der Waals surface area (Å²) >= 11 is 0. The molecule has 3 rings (SSSR count). The molecule has 2 amide bonds. The summed E-state index contributed by atoms with van der Waals surface area (Å²) in [4.78, 5) is 15.1. The zero-order chi connectivity index (χ0) is 19.6. The van der Waals surface area contributed by atoms with Crippen LogP contribution in [0.3, 0.4) is 0 Å². The lowest BCUT2D eigenvalue weighted by Crippen LogP contribution is -2.50. The molecule has 1 saturated heterocycles. The Labute approximate surface area is 152 Å². The summed E-state index contributed by atoms with van der Waals surface area (Å²) in [5, 5.41) is 2.18. The Morgan fingerprint density at radius 2 is 1.48 bits per heavy atom. The van der Waals surface area contributed by atoms with E-state index in [9.17, 15) is 26.7 Å². The maximum Gasteiger partial charge on any atom is 0.418 e. The van der Waals surface area contributed by atoms with Gasteiger partial charge in [0.1, 0.15) is 17.3 Å². The van der Waals surface area contributed by atoms with E-state index in [0.29, 0.717) is 0 Å². The van der Waals surface area contributed by atoms with Crippen LogP contribution >= 0.6 is 0 Å². The number of nitrogens with one attached hydrogen (secondary N) is 1. The first-order chi connectivity index (χ1) is 12.8. The molecule has 2 aromatic carbocycles. The van der Waals surface area contributed by atoms with Gasteiger partial charge in [0, 0.05) is 31.9 Å². The number of nitrogens with zero attached hydrogens (tertiary/aromatic N) is 2. The average Bonchev–Trinajstić information content (AvgIpc) is 2.64. The highest BCUT2D eigenvalue weighted by Gasteiger charge is 2.35. The van der Waals surface area contributed by atoms with Crippen molar-refractivity contribution in [2.24, 2.45) is 0 Å². The molecule has 1 heterocycles. The number of amides is 2. The van der Waals surface area contributed by atoms with Gasteiger partial charge in [0.2, 0.25) is 0 Å². The number of halogens is 5. The molecule has 0 saturated carbocycles. The lowest BCUT2D eigenvalue weighted by atomic mass is 10.1. The molecule has 0 radical (unpaired) electrons. The van der Waals surface area contributed by atoms with Gasteiger partial charge >= 0.3 is 12.2 Å². The van der Waals surface area contributed by atoms with Crippen molar-refractivity contribution < 1.29 is 26.7 Å². The molecule has 1 N–H and O–H groups in total. The number of anilines is 2. The van der Waals surface area contributed by atoms with Crippen molar-refractivity contribution in [1.82, 2.24) is 4.90 Å². The van der Waals surface area contributed by atoms with Crippen molar-refractivity contribution in [2.45, 2.75) is 6.18 Å². The number of hydrogen-bond donors (Lipinski definition) is 1. The normalized spacial score (nSPS) is 15.0. The van der Waals surface area contributed by atoms with Crippen molar-refractivity contribution in [1.29, 1.82) is 0 Å². The number of hydrogen-bond acceptors (Lipinski definition) is 2. The van der Waals surface area contributed by atoms with E-state index in [-0.39, 0.29) is 31.9 Å². The lowest BCUT2D eigenvalue weighted by molar-refractivity contribution is -0.137. The highest BCUT2D eigenvalue weighted by Crippen LogP contribution is 2.36. The van der Waals surface area contributed by atoms with Crippen LogP contribution in [0.2, 0.25) is 0 Å². The molecular formula is C18H16F5N3O. The van der Waals surface area contributed by atoms with Crippen LogP contribution in [0.1, 0.15) is 5.56 Å². The van der Waals surface area contributed by atoms with Gasteiger partial charge in [-0.2, -0.15) is 13.2 Å². The minimum atomic E-state index is -4.48. The molecule has 2 aromatic rings. The Hall–Kier alpha value is -2.84. The predicted molar refractivity (Wildman–Crippen MR) is 90.6 cm³/mol. The van der Waals surface area contributed by atoms with Crippen LogP contribution in [-0.2, 0) is 6.18 Å². The van der Waals surface area contributed by atoms with Crippen molar-refractivity contribution >= 4 is 17.4 Å². The number of alkyl halides is 3. The van der Waals surface area contributed by atoms with E-state index in [1.165, 1.54) is 34.1 Å². The first kappa shape index (κ1) is 18.9. The summed E-state index contributed by atoms with van der Waals surface area (Å²) in [6, 6.07) is 7.74. The Bertz CT molecular complexity index is 812. The van der Waals surface area contributed by atoms with Gasteiger partial charge in [-0.05, 0) is 24.3 Å². The fourth-order valence-corrected chi connectivity index (χ4v) is 2.94. The summed E-state index contributed by atoms with van der Waals surface area (Å²) < 4.78 is 66.7. The topological polar surface area (TPSA) is 35.6 Å². The van der Waals surface area contributed by atoms with E-state index in [4.69, 9.17) is 0 Å². The van der Waals surface area contributed by atoms with E-state index in [0.717, 1.165) is 18.2 Å². The Morgan fingerprint density at radius 1 is 0.889 bits per heavy atom. The zero-order valence-corrected chi connectivity index (χ0v) is 14.1. The fraction of sp³-hybridized carbons (Fsp3) is 0.278. The number of carbonyl (C=O) groups is 1. The predicted octanol–water partition coefficient (Wildman–Crippen LogP) is 4.34. The van der Waals surface area contributed by atoms with Crippen LogP contribution < -0.4 is 10.2 Å². The molecule has 27 heavy (non-hydrogen) atoms. The van der Waals surface area contributed by atoms with Crippen LogP contribution in [0.5, 0.6) is 0 Å². The molecule has 0 spiro atoms. The maximum atomic E-state index is 13.6. The monoisotopic (exact) mass is 385 g/mol. The summed E-state index contributed by atoms with van der Waals surface area (Å²) in [6.07, 6.45) is -4.48. The van der Waals surface area contributed by atoms with Crippen molar-refractivity contribution in [3.05, 3.63) is 59.7 Å². The average molecular weight is 385 g/mol. The smallest absolute Gasteiger partial charge is 0.367 e. The molecule has 1 aliphatic rings. The van der Waals surface area contributed by atoms with Crippen LogP contribution in [0.4, 0.5) is 38.1 Å². The van der Waals surface area contributed by atoms with Gasteiger partial charge in [-0.1, -0.05) is 18.2 Å². The second-order valence-electron chi connectivity index (χ2n) is 6.02. The maximum absolute atomic E-state index is 13.6. The van der Waals surface area contributed by atoms with Crippen LogP contribution in [0, 0.1) is 11.6 Å². The second-order valence-corrected chi connectivity index (χ2v) is 6.02. The standard InChI is InChI=1S/C18H16F5N3O/c19-13-5-3-6-14(20)16(13)24-17(27)26-10-8-25(9-11-26)15-7-2-1-4-12(15)18(21,22)23/h1-7H,8-11H2,(H,24,27). The van der Waals surface area contributed by atoms with E-state index in [1.54, 1.807) is 0 Å². The minimum Gasteiger partial charge on any atom is -0.367 e. The van der Waals surface area contributed by atoms with Gasteiger partial charge < -0.3 is 15.1 Å². The molecular weight excluding hydrogens is 369 g/mol. The number of rotatable bonds is 2. The van der Waals surface area contributed by atoms with Crippen LogP contribution in [0.25, 0.3) is 0 Å². The van der Waals surface area contributed by atoms with Gasteiger partial charge in [0.15, 0.2) is 0 Å². The van der Waals surface area contributed by atoms with Gasteiger partial charge in [0.25, 0.3) is 0 Å². The van der Waals surface area contributed by atoms with E-state index >= 15 is 0 Å². The zero-order valence-electron chi connectivity index (χ0n) is 14.1. The van der Waals surface area contributed by atoms with Crippen LogP contribution in [-0.4, -0.2) is 37.1 Å². The van der Waals surface area contributed by atoms with E-state index < -0.39 is 35.1 Å². The molecule has 0 unspecified atom stereocenters. The molecule has 4 nitrogen and oxygen atoms in total. The third kappa shape index (κ3) is 4.12. The molecule has 0 bridgehead atoms. The molecule has 0 atom stereocenters. The molecule has 0 aliphatic carbocycles. The number of carbonyl (C=O) groups excluding carboxylic acids is 1. The van der Waals surface area contributed by atoms with Crippen molar-refractivity contribution in [3.8, 4) is 0 Å². The molecule has 144 valence electrons.